The van der Waals surface area contributed by atoms with Gasteiger partial charge < -0.3 is 4.74 Å². The highest BCUT2D eigenvalue weighted by atomic mass is 16.5. The largest absolute Gasteiger partial charge is 0.457 e. The molecule has 13 rings (SSSR count). The number of fused-ring (bicyclic) bond motifs is 19. The molecule has 0 unspecified atom stereocenters. The summed E-state index contributed by atoms with van der Waals surface area (Å²) in [6.07, 6.45) is 0. The van der Waals surface area contributed by atoms with Crippen LogP contribution in [0.3, 0.4) is 0 Å². The second-order valence-electron chi connectivity index (χ2n) is 20.8. The molecule has 0 saturated heterocycles. The lowest BCUT2D eigenvalue weighted by Crippen LogP contribution is -2.32. The molecule has 3 aliphatic carbocycles. The highest BCUT2D eigenvalue weighted by Gasteiger charge is 2.53. The van der Waals surface area contributed by atoms with Crippen molar-refractivity contribution in [3.05, 3.63) is 250 Å². The molecule has 0 atom stereocenters. The summed E-state index contributed by atoms with van der Waals surface area (Å²) in [5.41, 5.74) is 25.1. The highest BCUT2D eigenvalue weighted by molar-refractivity contribution is 6.00. The molecule has 0 saturated carbocycles. The number of rotatable bonds is 2. The van der Waals surface area contributed by atoms with E-state index in [2.05, 4.69) is 236 Å². The first-order chi connectivity index (χ1) is 31.5. The van der Waals surface area contributed by atoms with Crippen LogP contribution in [-0.4, -0.2) is 0 Å². The monoisotopic (exact) mass is 834 g/mol. The zero-order chi connectivity index (χ0) is 44.0. The zero-order valence-electron chi connectivity index (χ0n) is 37.9. The summed E-state index contributed by atoms with van der Waals surface area (Å²) in [5.74, 6) is 1.82. The summed E-state index contributed by atoms with van der Waals surface area (Å²) in [5, 5.41) is 0. The summed E-state index contributed by atoms with van der Waals surface area (Å²) in [7, 11) is 0. The Labute approximate surface area is 383 Å². The fourth-order valence-corrected chi connectivity index (χ4v) is 12.3. The smallest absolute Gasteiger partial charge is 0.132 e. The summed E-state index contributed by atoms with van der Waals surface area (Å²) in [6, 6.07) is 73.5. The third-order valence-electron chi connectivity index (χ3n) is 15.3. The van der Waals surface area contributed by atoms with Crippen molar-refractivity contribution in [3.63, 3.8) is 0 Å². The first-order valence-corrected chi connectivity index (χ1v) is 23.2. The van der Waals surface area contributed by atoms with Gasteiger partial charge in [-0.25, -0.2) is 0 Å². The van der Waals surface area contributed by atoms with Crippen LogP contribution in [0, 0.1) is 0 Å². The van der Waals surface area contributed by atoms with E-state index in [-0.39, 0.29) is 10.8 Å². The van der Waals surface area contributed by atoms with E-state index in [1.807, 2.05) is 0 Å². The first-order valence-electron chi connectivity index (χ1n) is 23.2. The average molecular weight is 835 g/mol. The Kier molecular flexibility index (Phi) is 7.76. The zero-order valence-corrected chi connectivity index (χ0v) is 37.9. The van der Waals surface area contributed by atoms with E-state index in [1.54, 1.807) is 0 Å². The van der Waals surface area contributed by atoms with Crippen LogP contribution in [0.2, 0.25) is 0 Å². The Hall–Kier alpha value is -7.22. The van der Waals surface area contributed by atoms with Gasteiger partial charge in [-0.1, -0.05) is 217 Å². The molecular weight excluding hydrogens is 785 g/mol. The van der Waals surface area contributed by atoms with E-state index in [4.69, 9.17) is 4.74 Å². The van der Waals surface area contributed by atoms with E-state index in [1.165, 1.54) is 111 Å². The molecule has 0 bridgehead atoms. The van der Waals surface area contributed by atoms with Crippen molar-refractivity contribution in [1.29, 1.82) is 0 Å². The van der Waals surface area contributed by atoms with Crippen molar-refractivity contribution >= 4 is 0 Å². The van der Waals surface area contributed by atoms with Crippen LogP contribution in [0.15, 0.2) is 194 Å². The van der Waals surface area contributed by atoms with Crippen LogP contribution < -0.4 is 4.74 Å². The topological polar surface area (TPSA) is 9.23 Å². The minimum Gasteiger partial charge on any atom is -0.457 e. The molecule has 1 aliphatic heterocycles. The van der Waals surface area contributed by atoms with E-state index < -0.39 is 10.8 Å². The van der Waals surface area contributed by atoms with Crippen molar-refractivity contribution in [3.8, 4) is 67.1 Å². The van der Waals surface area contributed by atoms with Crippen LogP contribution in [0.25, 0.3) is 55.6 Å². The molecule has 1 heteroatoms. The van der Waals surface area contributed by atoms with Crippen molar-refractivity contribution < 1.29 is 4.74 Å². The van der Waals surface area contributed by atoms with Crippen molar-refractivity contribution in [1.82, 2.24) is 0 Å². The third-order valence-corrected chi connectivity index (χ3v) is 15.3. The number of hydrogen-bond acceptors (Lipinski definition) is 1. The van der Waals surface area contributed by atoms with Crippen LogP contribution in [-0.2, 0) is 21.7 Å². The number of ether oxygens (including phenoxy) is 1. The summed E-state index contributed by atoms with van der Waals surface area (Å²) >= 11 is 0. The maximum absolute atomic E-state index is 6.76. The van der Waals surface area contributed by atoms with E-state index in [0.717, 1.165) is 11.5 Å². The van der Waals surface area contributed by atoms with Crippen LogP contribution in [0.1, 0.15) is 97.2 Å². The Bertz CT molecular complexity index is 3370. The maximum atomic E-state index is 6.76. The molecule has 0 fully saturated rings. The second kappa shape index (κ2) is 13.2. The summed E-state index contributed by atoms with van der Waals surface area (Å²) < 4.78 is 6.76. The lowest BCUT2D eigenvalue weighted by atomic mass is 9.66. The SMILES string of the molecule is CC(C)(C)c1ccc2c(c1)C1(c3cc(C(C)(C)C)ccc3-2)c2ccccc2-c2c(-c3ccc(-c4ccc5c(c4)C4(c6ccccc6O5)c5ccccc5-c5ccccc54)cc3)cccc21. The van der Waals surface area contributed by atoms with Crippen molar-refractivity contribution in [2.24, 2.45) is 0 Å². The van der Waals surface area contributed by atoms with Gasteiger partial charge in [0.25, 0.3) is 0 Å². The van der Waals surface area contributed by atoms with Gasteiger partial charge in [0, 0.05) is 11.1 Å². The van der Waals surface area contributed by atoms with Gasteiger partial charge in [-0.2, -0.15) is 0 Å². The quantitative estimate of drug-likeness (QED) is 0.169. The normalized spacial score (nSPS) is 15.0. The van der Waals surface area contributed by atoms with E-state index in [9.17, 15) is 0 Å². The number of hydrogen-bond donors (Lipinski definition) is 0. The Morgan fingerprint density at radius 3 is 1.32 bits per heavy atom. The predicted molar refractivity (Wildman–Crippen MR) is 268 cm³/mol. The highest BCUT2D eigenvalue weighted by Crippen LogP contribution is 2.65. The molecule has 2 spiro atoms. The van der Waals surface area contributed by atoms with Gasteiger partial charge in [-0.05, 0) is 129 Å². The van der Waals surface area contributed by atoms with Crippen LogP contribution in [0.5, 0.6) is 11.5 Å². The molecule has 9 aromatic carbocycles. The fourth-order valence-electron chi connectivity index (χ4n) is 12.3. The van der Waals surface area contributed by atoms with Gasteiger partial charge in [-0.3, -0.25) is 0 Å². The third kappa shape index (κ3) is 5.04. The number of benzene rings is 9. The van der Waals surface area contributed by atoms with Gasteiger partial charge in [0.05, 0.1) is 10.8 Å². The van der Waals surface area contributed by atoms with E-state index in [0.29, 0.717) is 0 Å². The van der Waals surface area contributed by atoms with Gasteiger partial charge in [-0.15, -0.1) is 0 Å². The van der Waals surface area contributed by atoms with Gasteiger partial charge in [0.1, 0.15) is 11.5 Å². The number of para-hydroxylation sites is 1. The Balaban J connectivity index is 0.979. The predicted octanol–water partition coefficient (Wildman–Crippen LogP) is 16.4. The van der Waals surface area contributed by atoms with E-state index >= 15 is 0 Å². The lowest BCUT2D eigenvalue weighted by molar-refractivity contribution is 0.436. The average Bonchev–Trinajstić information content (AvgIpc) is 3.91. The van der Waals surface area contributed by atoms with Gasteiger partial charge >= 0.3 is 0 Å². The fraction of sp³-hybridized carbons (Fsp3) is 0.156. The second-order valence-corrected chi connectivity index (χ2v) is 20.8. The van der Waals surface area contributed by atoms with Gasteiger partial charge in [0.2, 0.25) is 0 Å². The molecule has 0 N–H and O–H groups in total. The van der Waals surface area contributed by atoms with Crippen molar-refractivity contribution in [2.45, 2.75) is 63.2 Å². The molecule has 0 aromatic heterocycles. The molecule has 65 heavy (non-hydrogen) atoms. The molecule has 1 nitrogen and oxygen atoms in total. The van der Waals surface area contributed by atoms with Crippen molar-refractivity contribution in [2.75, 3.05) is 0 Å². The maximum Gasteiger partial charge on any atom is 0.132 e. The summed E-state index contributed by atoms with van der Waals surface area (Å²) in [6.45, 7) is 14.0. The molecule has 9 aromatic rings. The molecule has 312 valence electrons. The minimum atomic E-state index is -0.500. The molecule has 1 heterocycles. The van der Waals surface area contributed by atoms with Crippen LogP contribution in [0.4, 0.5) is 0 Å². The standard InChI is InChI=1S/C64H50O/c1-61(2,3)42-31-33-47-48-34-32-43(62(4,5)6)38-56(48)64(55(47)37-42)52-22-12-9-18-49(52)60-44(19-15-24-54(60)64)40-28-26-39(27-29-40)41-30-35-59-57(36-41)63(53-23-13-14-25-58(53)65-59)50-20-10-7-16-45(50)46-17-8-11-21-51(46)63/h7-38H,1-6H3. The molecule has 4 aliphatic rings. The Morgan fingerprint density at radius 2 is 0.723 bits per heavy atom. The Morgan fingerprint density at radius 1 is 0.292 bits per heavy atom. The van der Waals surface area contributed by atoms with Crippen LogP contribution >= 0.6 is 0 Å². The minimum absolute atomic E-state index is 0.00827. The molecular formula is C64H50O. The summed E-state index contributed by atoms with van der Waals surface area (Å²) in [4.78, 5) is 0. The first kappa shape index (κ1) is 38.3. The molecule has 0 radical (unpaired) electrons. The molecule has 0 amide bonds. The van der Waals surface area contributed by atoms with Gasteiger partial charge in [0.15, 0.2) is 0 Å². The lowest BCUT2D eigenvalue weighted by Gasteiger charge is -2.39.